The Labute approximate surface area is 150 Å². The van der Waals surface area contributed by atoms with Gasteiger partial charge in [-0.3, -0.25) is 4.68 Å². The van der Waals surface area contributed by atoms with Crippen LogP contribution in [0.15, 0.2) is 4.99 Å². The summed E-state index contributed by atoms with van der Waals surface area (Å²) in [6.07, 6.45) is 2.10. The molecule has 126 valence electrons. The van der Waals surface area contributed by atoms with Crippen LogP contribution in [0.1, 0.15) is 37.7 Å². The highest BCUT2D eigenvalue weighted by Gasteiger charge is 2.19. The molecule has 1 aromatic heterocycles. The highest BCUT2D eigenvalue weighted by Crippen LogP contribution is 2.16. The van der Waals surface area contributed by atoms with Gasteiger partial charge in [-0.1, -0.05) is 13.8 Å². The van der Waals surface area contributed by atoms with Gasteiger partial charge in [-0.05, 0) is 19.8 Å². The summed E-state index contributed by atoms with van der Waals surface area (Å²) in [6.45, 7) is 9.28. The molecule has 2 N–H and O–H groups in total. The SMILES string of the molecule is CCc1nn(C)c(CC)c1CN=C(N)N1CCOC(C)C1.I. The molecule has 1 fully saturated rings. The molecule has 1 saturated heterocycles. The lowest BCUT2D eigenvalue weighted by Gasteiger charge is -2.31. The molecular weight excluding hydrogens is 393 g/mol. The maximum absolute atomic E-state index is 6.14. The highest BCUT2D eigenvalue weighted by atomic mass is 127. The van der Waals surface area contributed by atoms with E-state index in [2.05, 4.69) is 35.8 Å². The Bertz CT molecular complexity index is 514. The molecule has 22 heavy (non-hydrogen) atoms. The number of rotatable bonds is 4. The molecule has 2 rings (SSSR count). The number of halogens is 1. The van der Waals surface area contributed by atoms with Gasteiger partial charge < -0.3 is 15.4 Å². The summed E-state index contributed by atoms with van der Waals surface area (Å²) in [5.74, 6) is 0.609. The number of aryl methyl sites for hydroxylation is 2. The summed E-state index contributed by atoms with van der Waals surface area (Å²) < 4.78 is 7.50. The summed E-state index contributed by atoms with van der Waals surface area (Å²) in [5.41, 5.74) is 9.74. The quantitative estimate of drug-likeness (QED) is 0.457. The third-order valence-corrected chi connectivity index (χ3v) is 3.99. The summed E-state index contributed by atoms with van der Waals surface area (Å²) in [7, 11) is 2.00. The molecule has 1 aliphatic rings. The summed E-state index contributed by atoms with van der Waals surface area (Å²) in [6, 6.07) is 0. The van der Waals surface area contributed by atoms with Gasteiger partial charge in [-0.2, -0.15) is 5.10 Å². The molecule has 0 bridgehead atoms. The first-order chi connectivity index (χ1) is 10.1. The smallest absolute Gasteiger partial charge is 0.191 e. The van der Waals surface area contributed by atoms with Crippen molar-refractivity contribution in [2.75, 3.05) is 19.7 Å². The molecule has 7 heteroatoms. The molecule has 1 aromatic rings. The molecule has 2 heterocycles. The van der Waals surface area contributed by atoms with Crippen molar-refractivity contribution < 1.29 is 4.74 Å². The number of aromatic nitrogens is 2. The van der Waals surface area contributed by atoms with Crippen LogP contribution in [0, 0.1) is 0 Å². The summed E-state index contributed by atoms with van der Waals surface area (Å²) in [4.78, 5) is 6.69. The van der Waals surface area contributed by atoms with Crippen LogP contribution in [-0.2, 0) is 31.2 Å². The van der Waals surface area contributed by atoms with Crippen molar-refractivity contribution >= 4 is 29.9 Å². The van der Waals surface area contributed by atoms with E-state index in [1.807, 2.05) is 11.7 Å². The van der Waals surface area contributed by atoms with E-state index in [9.17, 15) is 0 Å². The lowest BCUT2D eigenvalue weighted by molar-refractivity contribution is 0.00528. The highest BCUT2D eigenvalue weighted by molar-refractivity contribution is 14.0. The zero-order valence-electron chi connectivity index (χ0n) is 14.0. The van der Waals surface area contributed by atoms with Crippen molar-refractivity contribution in [3.8, 4) is 0 Å². The number of guanidine groups is 1. The van der Waals surface area contributed by atoms with E-state index in [1.165, 1.54) is 11.3 Å². The van der Waals surface area contributed by atoms with E-state index in [4.69, 9.17) is 10.5 Å². The maximum atomic E-state index is 6.14. The number of hydrogen-bond donors (Lipinski definition) is 1. The molecule has 0 aliphatic carbocycles. The summed E-state index contributed by atoms with van der Waals surface area (Å²) >= 11 is 0. The fourth-order valence-corrected chi connectivity index (χ4v) is 2.86. The van der Waals surface area contributed by atoms with E-state index in [0.29, 0.717) is 19.1 Å². The molecule has 1 unspecified atom stereocenters. The average Bonchev–Trinajstić information content (AvgIpc) is 2.79. The first kappa shape index (κ1) is 19.2. The molecule has 0 amide bonds. The Morgan fingerprint density at radius 2 is 2.14 bits per heavy atom. The fourth-order valence-electron chi connectivity index (χ4n) is 2.86. The minimum Gasteiger partial charge on any atom is -0.375 e. The van der Waals surface area contributed by atoms with E-state index in [-0.39, 0.29) is 30.1 Å². The predicted molar refractivity (Wildman–Crippen MR) is 99.7 cm³/mol. The number of nitrogens with zero attached hydrogens (tertiary/aromatic N) is 4. The number of morpholine rings is 1. The van der Waals surface area contributed by atoms with Crippen LogP contribution in [0.25, 0.3) is 0 Å². The van der Waals surface area contributed by atoms with E-state index >= 15 is 0 Å². The first-order valence-electron chi connectivity index (χ1n) is 7.76. The van der Waals surface area contributed by atoms with Crippen LogP contribution in [0.4, 0.5) is 0 Å². The Hall–Kier alpha value is -0.830. The van der Waals surface area contributed by atoms with E-state index < -0.39 is 0 Å². The number of aliphatic imine (C=N–C) groups is 1. The normalized spacial score (nSPS) is 19.2. The second kappa shape index (κ2) is 8.71. The lowest BCUT2D eigenvalue weighted by Crippen LogP contribution is -2.47. The minimum absolute atomic E-state index is 0. The minimum atomic E-state index is 0. The molecule has 6 nitrogen and oxygen atoms in total. The maximum Gasteiger partial charge on any atom is 0.191 e. The topological polar surface area (TPSA) is 68.7 Å². The van der Waals surface area contributed by atoms with E-state index in [1.54, 1.807) is 0 Å². The van der Waals surface area contributed by atoms with Gasteiger partial charge in [0.1, 0.15) is 0 Å². The van der Waals surface area contributed by atoms with Gasteiger partial charge in [-0.25, -0.2) is 4.99 Å². The number of hydrogen-bond acceptors (Lipinski definition) is 3. The molecule has 0 radical (unpaired) electrons. The number of ether oxygens (including phenoxy) is 1. The van der Waals surface area contributed by atoms with Gasteiger partial charge in [-0.15, -0.1) is 24.0 Å². The largest absolute Gasteiger partial charge is 0.375 e. The zero-order chi connectivity index (χ0) is 15.4. The molecule has 1 atom stereocenters. The van der Waals surface area contributed by atoms with Crippen molar-refractivity contribution in [2.24, 2.45) is 17.8 Å². The van der Waals surface area contributed by atoms with Gasteiger partial charge in [0.15, 0.2) is 5.96 Å². The Morgan fingerprint density at radius 1 is 1.41 bits per heavy atom. The average molecular weight is 421 g/mol. The lowest BCUT2D eigenvalue weighted by atomic mass is 10.1. The van der Waals surface area contributed by atoms with Crippen LogP contribution < -0.4 is 5.73 Å². The van der Waals surface area contributed by atoms with Crippen LogP contribution >= 0.6 is 24.0 Å². The van der Waals surface area contributed by atoms with Crippen molar-refractivity contribution in [1.82, 2.24) is 14.7 Å². The van der Waals surface area contributed by atoms with Crippen molar-refractivity contribution in [2.45, 2.75) is 46.3 Å². The third kappa shape index (κ3) is 4.34. The van der Waals surface area contributed by atoms with Crippen LogP contribution in [-0.4, -0.2) is 46.4 Å². The predicted octanol–water partition coefficient (Wildman–Crippen LogP) is 1.70. The third-order valence-electron chi connectivity index (χ3n) is 3.99. The molecule has 0 saturated carbocycles. The molecule has 1 aliphatic heterocycles. The van der Waals surface area contributed by atoms with Gasteiger partial charge in [0.25, 0.3) is 0 Å². The van der Waals surface area contributed by atoms with Gasteiger partial charge >= 0.3 is 0 Å². The Morgan fingerprint density at radius 3 is 2.73 bits per heavy atom. The van der Waals surface area contributed by atoms with Crippen molar-refractivity contribution in [3.63, 3.8) is 0 Å². The Kier molecular flexibility index (Phi) is 7.61. The second-order valence-corrected chi connectivity index (χ2v) is 5.50. The monoisotopic (exact) mass is 421 g/mol. The van der Waals surface area contributed by atoms with Crippen molar-refractivity contribution in [3.05, 3.63) is 17.0 Å². The fraction of sp³-hybridized carbons (Fsp3) is 0.733. The van der Waals surface area contributed by atoms with Crippen LogP contribution in [0.5, 0.6) is 0 Å². The van der Waals surface area contributed by atoms with E-state index in [0.717, 1.165) is 31.6 Å². The first-order valence-corrected chi connectivity index (χ1v) is 7.76. The van der Waals surface area contributed by atoms with Crippen molar-refractivity contribution in [1.29, 1.82) is 0 Å². The van der Waals surface area contributed by atoms with Gasteiger partial charge in [0.05, 0.1) is 24.9 Å². The Balaban J connectivity index is 0.00000242. The van der Waals surface area contributed by atoms with Gasteiger partial charge in [0.2, 0.25) is 0 Å². The molecule has 0 aromatic carbocycles. The molecule has 0 spiro atoms. The van der Waals surface area contributed by atoms with Gasteiger partial charge in [0, 0.05) is 31.4 Å². The van der Waals surface area contributed by atoms with Crippen LogP contribution in [0.2, 0.25) is 0 Å². The second-order valence-electron chi connectivity index (χ2n) is 5.50. The zero-order valence-corrected chi connectivity index (χ0v) is 16.3. The molecular formula is C15H28IN5O. The number of nitrogens with two attached hydrogens (primary N) is 1. The standard InChI is InChI=1S/C15H27N5O.HI/c1-5-13-12(14(6-2)19(4)18-13)9-17-15(16)20-7-8-21-11(3)10-20;/h11H,5-10H2,1-4H3,(H2,16,17);1H. The summed E-state index contributed by atoms with van der Waals surface area (Å²) in [5, 5.41) is 4.58. The van der Waals surface area contributed by atoms with Crippen LogP contribution in [0.3, 0.4) is 0 Å².